The second-order valence-corrected chi connectivity index (χ2v) is 6.89. The molecule has 0 radical (unpaired) electrons. The Morgan fingerprint density at radius 1 is 1.18 bits per heavy atom. The molecule has 116 valence electrons. The second-order valence-electron chi connectivity index (χ2n) is 4.89. The summed E-state index contributed by atoms with van der Waals surface area (Å²) in [6.07, 6.45) is 0. The predicted octanol–water partition coefficient (Wildman–Crippen LogP) is 2.23. The van der Waals surface area contributed by atoms with E-state index in [0.717, 1.165) is 5.56 Å². The molecule has 2 aromatic carbocycles. The van der Waals surface area contributed by atoms with Crippen LogP contribution in [0.15, 0.2) is 47.4 Å². The number of benzene rings is 2. The zero-order valence-electron chi connectivity index (χ0n) is 11.8. The summed E-state index contributed by atoms with van der Waals surface area (Å²) in [7, 11) is -3.85. The Bertz CT molecular complexity index is 802. The van der Waals surface area contributed by atoms with Crippen molar-refractivity contribution in [2.75, 3.05) is 0 Å². The molecule has 0 atom stereocenters. The van der Waals surface area contributed by atoms with E-state index in [0.29, 0.717) is 17.1 Å². The molecule has 0 aromatic heterocycles. The maximum atomic E-state index is 12.1. The highest BCUT2D eigenvalue weighted by Crippen LogP contribution is 2.14. The number of amides is 1. The first-order valence-corrected chi connectivity index (χ1v) is 8.35. The van der Waals surface area contributed by atoms with Crippen molar-refractivity contribution >= 4 is 27.5 Å². The van der Waals surface area contributed by atoms with Gasteiger partial charge in [-0.25, -0.2) is 13.6 Å². The second kappa shape index (κ2) is 6.48. The van der Waals surface area contributed by atoms with Crippen molar-refractivity contribution < 1.29 is 13.2 Å². The highest BCUT2D eigenvalue weighted by Gasteiger charge is 2.13. The van der Waals surface area contributed by atoms with Gasteiger partial charge in [-0.1, -0.05) is 23.7 Å². The van der Waals surface area contributed by atoms with Gasteiger partial charge in [0.25, 0.3) is 5.91 Å². The van der Waals surface area contributed by atoms with Crippen molar-refractivity contribution in [2.24, 2.45) is 5.14 Å². The SMILES string of the molecule is Cc1cc(C(=O)NCc2ccc(Cl)cc2)cc(S(N)(=O)=O)c1. The van der Waals surface area contributed by atoms with Gasteiger partial charge < -0.3 is 5.32 Å². The van der Waals surface area contributed by atoms with Gasteiger partial charge in [0, 0.05) is 17.1 Å². The lowest BCUT2D eigenvalue weighted by molar-refractivity contribution is 0.0950. The average Bonchev–Trinajstić information content (AvgIpc) is 2.45. The van der Waals surface area contributed by atoms with Crippen molar-refractivity contribution in [3.8, 4) is 0 Å². The third kappa shape index (κ3) is 4.30. The van der Waals surface area contributed by atoms with E-state index in [4.69, 9.17) is 16.7 Å². The molecule has 7 heteroatoms. The van der Waals surface area contributed by atoms with Crippen LogP contribution in [0, 0.1) is 6.92 Å². The molecule has 0 aliphatic carbocycles. The average molecular weight is 339 g/mol. The number of hydrogen-bond acceptors (Lipinski definition) is 3. The first kappa shape index (κ1) is 16.5. The monoisotopic (exact) mass is 338 g/mol. The van der Waals surface area contributed by atoms with E-state index >= 15 is 0 Å². The van der Waals surface area contributed by atoms with Crippen LogP contribution in [0.25, 0.3) is 0 Å². The summed E-state index contributed by atoms with van der Waals surface area (Å²) in [6, 6.07) is 11.4. The van der Waals surface area contributed by atoms with Crippen molar-refractivity contribution in [1.82, 2.24) is 5.32 Å². The van der Waals surface area contributed by atoms with Crippen molar-refractivity contribution in [2.45, 2.75) is 18.4 Å². The van der Waals surface area contributed by atoms with E-state index in [1.807, 2.05) is 0 Å². The van der Waals surface area contributed by atoms with E-state index in [2.05, 4.69) is 5.32 Å². The summed E-state index contributed by atoms with van der Waals surface area (Å²) in [6.45, 7) is 2.01. The highest BCUT2D eigenvalue weighted by molar-refractivity contribution is 7.89. The van der Waals surface area contributed by atoms with Gasteiger partial charge in [-0.15, -0.1) is 0 Å². The van der Waals surface area contributed by atoms with Crippen molar-refractivity contribution in [1.29, 1.82) is 0 Å². The molecule has 3 N–H and O–H groups in total. The van der Waals surface area contributed by atoms with Gasteiger partial charge in [0.15, 0.2) is 0 Å². The number of sulfonamides is 1. The van der Waals surface area contributed by atoms with Crippen LogP contribution in [0.4, 0.5) is 0 Å². The first-order chi connectivity index (χ1) is 10.3. The zero-order chi connectivity index (χ0) is 16.3. The van der Waals surface area contributed by atoms with Gasteiger partial charge in [0.2, 0.25) is 10.0 Å². The number of aryl methyl sites for hydroxylation is 1. The minimum Gasteiger partial charge on any atom is -0.348 e. The van der Waals surface area contributed by atoms with Crippen LogP contribution in [-0.4, -0.2) is 14.3 Å². The Labute approximate surface area is 134 Å². The molecule has 0 aliphatic rings. The number of nitrogens with one attached hydrogen (secondary N) is 1. The van der Waals surface area contributed by atoms with Gasteiger partial charge in [-0.05, 0) is 48.4 Å². The van der Waals surface area contributed by atoms with Crippen molar-refractivity contribution in [3.05, 3.63) is 64.2 Å². The predicted molar refractivity (Wildman–Crippen MR) is 85.2 cm³/mol. The Kier molecular flexibility index (Phi) is 4.85. The van der Waals surface area contributed by atoms with Gasteiger partial charge in [-0.3, -0.25) is 4.79 Å². The molecule has 0 saturated heterocycles. The molecule has 5 nitrogen and oxygen atoms in total. The smallest absolute Gasteiger partial charge is 0.251 e. The summed E-state index contributed by atoms with van der Waals surface area (Å²) < 4.78 is 22.8. The van der Waals surface area contributed by atoms with Crippen LogP contribution in [-0.2, 0) is 16.6 Å². The minimum atomic E-state index is -3.85. The van der Waals surface area contributed by atoms with E-state index in [9.17, 15) is 13.2 Å². The van der Waals surface area contributed by atoms with Gasteiger partial charge in [0.1, 0.15) is 0 Å². The molecule has 0 spiro atoms. The summed E-state index contributed by atoms with van der Waals surface area (Å²) in [4.78, 5) is 12.1. The Balaban J connectivity index is 2.16. The number of carbonyl (C=O) groups excluding carboxylic acids is 1. The standard InChI is InChI=1S/C15H15ClN2O3S/c1-10-6-12(8-14(7-10)22(17,20)21)15(19)18-9-11-2-4-13(16)5-3-11/h2-8H,9H2,1H3,(H,18,19)(H2,17,20,21). The zero-order valence-corrected chi connectivity index (χ0v) is 13.4. The Morgan fingerprint density at radius 2 is 1.82 bits per heavy atom. The maximum absolute atomic E-state index is 12.1. The summed E-state index contributed by atoms with van der Waals surface area (Å²) in [5.74, 6) is -0.372. The van der Waals surface area contributed by atoms with Crippen LogP contribution < -0.4 is 10.5 Å². The molecule has 0 fully saturated rings. The van der Waals surface area contributed by atoms with Crippen LogP contribution in [0.5, 0.6) is 0 Å². The fraction of sp³-hybridized carbons (Fsp3) is 0.133. The van der Waals surface area contributed by atoms with E-state index in [-0.39, 0.29) is 16.4 Å². The number of hydrogen-bond donors (Lipinski definition) is 2. The molecule has 2 aromatic rings. The van der Waals surface area contributed by atoms with Crippen molar-refractivity contribution in [3.63, 3.8) is 0 Å². The number of primary sulfonamides is 1. The number of rotatable bonds is 4. The Hall–Kier alpha value is -1.89. The summed E-state index contributed by atoms with van der Waals surface area (Å²) in [5, 5.41) is 8.44. The summed E-state index contributed by atoms with van der Waals surface area (Å²) in [5.41, 5.74) is 1.78. The van der Waals surface area contributed by atoms with Gasteiger partial charge >= 0.3 is 0 Å². The highest BCUT2D eigenvalue weighted by atomic mass is 35.5. The normalized spacial score (nSPS) is 11.2. The topological polar surface area (TPSA) is 89.3 Å². The maximum Gasteiger partial charge on any atom is 0.251 e. The molecule has 0 unspecified atom stereocenters. The molecular formula is C15H15ClN2O3S. The third-order valence-corrected chi connectivity index (χ3v) is 4.15. The van der Waals surface area contributed by atoms with E-state index in [1.165, 1.54) is 12.1 Å². The van der Waals surface area contributed by atoms with E-state index < -0.39 is 10.0 Å². The largest absolute Gasteiger partial charge is 0.348 e. The lowest BCUT2D eigenvalue weighted by Crippen LogP contribution is -2.23. The number of halogens is 1. The number of nitrogens with two attached hydrogens (primary N) is 1. The molecule has 2 rings (SSSR count). The molecule has 0 aliphatic heterocycles. The van der Waals surface area contributed by atoms with Crippen LogP contribution in [0.1, 0.15) is 21.5 Å². The quantitative estimate of drug-likeness (QED) is 0.895. The third-order valence-electron chi connectivity index (χ3n) is 3.01. The lowest BCUT2D eigenvalue weighted by atomic mass is 10.1. The molecule has 0 bridgehead atoms. The molecule has 22 heavy (non-hydrogen) atoms. The number of carbonyl (C=O) groups is 1. The molecule has 0 saturated carbocycles. The van der Waals surface area contributed by atoms with E-state index in [1.54, 1.807) is 37.3 Å². The van der Waals surface area contributed by atoms with Crippen LogP contribution in [0.3, 0.4) is 0 Å². The summed E-state index contributed by atoms with van der Waals surface area (Å²) >= 11 is 5.79. The lowest BCUT2D eigenvalue weighted by Gasteiger charge is -2.08. The van der Waals surface area contributed by atoms with Gasteiger partial charge in [-0.2, -0.15) is 0 Å². The molecular weight excluding hydrogens is 324 g/mol. The Morgan fingerprint density at radius 3 is 2.41 bits per heavy atom. The van der Waals surface area contributed by atoms with Crippen LogP contribution in [0.2, 0.25) is 5.02 Å². The molecule has 0 heterocycles. The minimum absolute atomic E-state index is 0.0795. The van der Waals surface area contributed by atoms with Crippen LogP contribution >= 0.6 is 11.6 Å². The fourth-order valence-corrected chi connectivity index (χ4v) is 2.70. The fourth-order valence-electron chi connectivity index (χ4n) is 1.93. The van der Waals surface area contributed by atoms with Gasteiger partial charge in [0.05, 0.1) is 4.90 Å². The first-order valence-electron chi connectivity index (χ1n) is 6.43. The molecule has 1 amide bonds.